The fourth-order valence-electron chi connectivity index (χ4n) is 3.95. The zero-order valence-electron chi connectivity index (χ0n) is 18.9. The van der Waals surface area contributed by atoms with E-state index >= 15 is 0 Å². The van der Waals surface area contributed by atoms with Gasteiger partial charge in [-0.15, -0.1) is 0 Å². The molecule has 172 valence electrons. The second kappa shape index (κ2) is 10.5. The van der Waals surface area contributed by atoms with Gasteiger partial charge in [0.05, 0.1) is 12.1 Å². The first-order valence-corrected chi connectivity index (χ1v) is 10.9. The molecule has 7 nitrogen and oxygen atoms in total. The van der Waals surface area contributed by atoms with E-state index in [4.69, 9.17) is 9.47 Å². The summed E-state index contributed by atoms with van der Waals surface area (Å²) in [5, 5.41) is 12.8. The molecule has 1 saturated heterocycles. The van der Waals surface area contributed by atoms with E-state index in [-0.39, 0.29) is 19.1 Å². The molecule has 1 aliphatic rings. The highest BCUT2D eigenvalue weighted by atomic mass is 16.6. The molecule has 2 aromatic rings. The Labute approximate surface area is 189 Å². The molecule has 3 atom stereocenters. The summed E-state index contributed by atoms with van der Waals surface area (Å²) in [6.45, 7) is 5.77. The lowest BCUT2D eigenvalue weighted by Crippen LogP contribution is -2.55. The lowest BCUT2D eigenvalue weighted by atomic mass is 9.85. The molecule has 0 radical (unpaired) electrons. The highest BCUT2D eigenvalue weighted by molar-refractivity contribution is 5.71. The fraction of sp³-hybridized carbons (Fsp3) is 0.440. The first-order valence-electron chi connectivity index (χ1n) is 10.9. The first kappa shape index (κ1) is 23.6. The number of carbonyl (C=O) groups excluding carboxylic acids is 2. The standard InChI is InChI=1S/C25H32N2O5/c1-25(2,3)32-23(29)26-21-14-19(16-28)15-27(22(21)20-12-8-5-9-13-20)24(30)31-17-18-10-6-4-7-11-18/h4-13,19,21-22,28H,14-17H2,1-3H3,(H,26,29)/t19-,21-,22-/m0/s1. The van der Waals surface area contributed by atoms with Crippen molar-refractivity contribution in [3.63, 3.8) is 0 Å². The molecule has 32 heavy (non-hydrogen) atoms. The van der Waals surface area contributed by atoms with Crippen LogP contribution in [0.1, 0.15) is 44.4 Å². The number of nitrogens with zero attached hydrogens (tertiary/aromatic N) is 1. The summed E-state index contributed by atoms with van der Waals surface area (Å²) in [4.78, 5) is 27.3. The van der Waals surface area contributed by atoms with Crippen molar-refractivity contribution in [1.29, 1.82) is 0 Å². The van der Waals surface area contributed by atoms with Crippen LogP contribution in [0.4, 0.5) is 9.59 Å². The normalized spacial score (nSPS) is 21.0. The lowest BCUT2D eigenvalue weighted by Gasteiger charge is -2.44. The average Bonchev–Trinajstić information content (AvgIpc) is 2.77. The van der Waals surface area contributed by atoms with Crippen LogP contribution in [-0.4, -0.2) is 47.0 Å². The molecule has 7 heteroatoms. The van der Waals surface area contributed by atoms with Gasteiger partial charge < -0.3 is 19.9 Å². The zero-order valence-corrected chi connectivity index (χ0v) is 18.9. The minimum absolute atomic E-state index is 0.101. The van der Waals surface area contributed by atoms with E-state index in [1.807, 2.05) is 60.7 Å². The van der Waals surface area contributed by atoms with Crippen molar-refractivity contribution < 1.29 is 24.2 Å². The van der Waals surface area contributed by atoms with Gasteiger partial charge in [-0.25, -0.2) is 9.59 Å². The Bertz CT molecular complexity index is 882. The SMILES string of the molecule is CC(C)(C)OC(=O)N[C@H]1C[C@H](CO)CN(C(=O)OCc2ccccc2)[C@H]1c1ccccc1. The molecule has 0 saturated carbocycles. The topological polar surface area (TPSA) is 88.1 Å². The summed E-state index contributed by atoms with van der Waals surface area (Å²) in [6.07, 6.45) is -0.533. The third-order valence-corrected chi connectivity index (χ3v) is 5.30. The summed E-state index contributed by atoms with van der Waals surface area (Å²) in [7, 11) is 0. The third-order valence-electron chi connectivity index (χ3n) is 5.30. The number of nitrogens with one attached hydrogen (secondary N) is 1. The van der Waals surface area contributed by atoms with Crippen molar-refractivity contribution in [3.05, 3.63) is 71.8 Å². The molecular formula is C25H32N2O5. The minimum atomic E-state index is -0.647. The highest BCUT2D eigenvalue weighted by Gasteiger charge is 2.41. The monoisotopic (exact) mass is 440 g/mol. The number of piperidine rings is 1. The Morgan fingerprint density at radius 3 is 2.28 bits per heavy atom. The summed E-state index contributed by atoms with van der Waals surface area (Å²) < 4.78 is 11.1. The van der Waals surface area contributed by atoms with Gasteiger partial charge in [0.15, 0.2) is 0 Å². The van der Waals surface area contributed by atoms with E-state index in [0.717, 1.165) is 11.1 Å². The fourth-order valence-corrected chi connectivity index (χ4v) is 3.95. The van der Waals surface area contributed by atoms with Gasteiger partial charge in [0.25, 0.3) is 0 Å². The van der Waals surface area contributed by atoms with Crippen molar-refractivity contribution in [3.8, 4) is 0 Å². The second-order valence-corrected chi connectivity index (χ2v) is 9.09. The van der Waals surface area contributed by atoms with Crippen LogP contribution in [0.3, 0.4) is 0 Å². The van der Waals surface area contributed by atoms with E-state index in [2.05, 4.69) is 5.32 Å². The summed E-state index contributed by atoms with van der Waals surface area (Å²) in [5.74, 6) is -0.195. The second-order valence-electron chi connectivity index (χ2n) is 9.09. The quantitative estimate of drug-likeness (QED) is 0.725. The van der Waals surface area contributed by atoms with E-state index < -0.39 is 29.9 Å². The molecule has 1 fully saturated rings. The Morgan fingerprint density at radius 1 is 1.06 bits per heavy atom. The molecule has 2 amide bonds. The number of alkyl carbamates (subject to hydrolysis) is 1. The summed E-state index contributed by atoms with van der Waals surface area (Å²) in [5.41, 5.74) is 1.11. The van der Waals surface area contributed by atoms with Crippen molar-refractivity contribution in [2.24, 2.45) is 5.92 Å². The molecule has 2 aromatic carbocycles. The Balaban J connectivity index is 1.84. The number of aliphatic hydroxyl groups is 1. The van der Waals surface area contributed by atoms with Crippen LogP contribution in [0.5, 0.6) is 0 Å². The number of aliphatic hydroxyl groups excluding tert-OH is 1. The Hall–Kier alpha value is -3.06. The molecule has 0 bridgehead atoms. The molecule has 1 aliphatic heterocycles. The number of hydrogen-bond acceptors (Lipinski definition) is 5. The number of likely N-dealkylation sites (tertiary alicyclic amines) is 1. The van der Waals surface area contributed by atoms with Crippen LogP contribution >= 0.6 is 0 Å². The number of carbonyl (C=O) groups is 2. The van der Waals surface area contributed by atoms with Gasteiger partial charge in [-0.2, -0.15) is 0 Å². The third kappa shape index (κ3) is 6.47. The smallest absolute Gasteiger partial charge is 0.410 e. The van der Waals surface area contributed by atoms with Gasteiger partial charge in [-0.1, -0.05) is 60.7 Å². The first-order chi connectivity index (χ1) is 15.3. The lowest BCUT2D eigenvalue weighted by molar-refractivity contribution is 0.0164. The summed E-state index contributed by atoms with van der Waals surface area (Å²) >= 11 is 0. The van der Waals surface area contributed by atoms with Gasteiger partial charge in [-0.3, -0.25) is 4.90 Å². The van der Waals surface area contributed by atoms with Crippen LogP contribution in [-0.2, 0) is 16.1 Å². The molecule has 0 aliphatic carbocycles. The number of amides is 2. The molecule has 0 spiro atoms. The van der Waals surface area contributed by atoms with Gasteiger partial charge in [0.2, 0.25) is 0 Å². The maximum Gasteiger partial charge on any atom is 0.410 e. The Morgan fingerprint density at radius 2 is 1.69 bits per heavy atom. The van der Waals surface area contributed by atoms with E-state index in [1.165, 1.54) is 0 Å². The van der Waals surface area contributed by atoms with Crippen molar-refractivity contribution in [1.82, 2.24) is 10.2 Å². The molecule has 0 aromatic heterocycles. The van der Waals surface area contributed by atoms with Crippen LogP contribution in [0.15, 0.2) is 60.7 Å². The molecule has 1 heterocycles. The van der Waals surface area contributed by atoms with Gasteiger partial charge in [0, 0.05) is 19.1 Å². The van der Waals surface area contributed by atoms with Crippen molar-refractivity contribution in [2.45, 2.75) is 51.5 Å². The predicted octanol–water partition coefficient (Wildman–Crippen LogP) is 4.27. The van der Waals surface area contributed by atoms with Gasteiger partial charge in [0.1, 0.15) is 12.2 Å². The summed E-state index contributed by atoms with van der Waals surface area (Å²) in [6, 6.07) is 18.1. The number of ether oxygens (including phenoxy) is 2. The van der Waals surface area contributed by atoms with Gasteiger partial charge >= 0.3 is 12.2 Å². The van der Waals surface area contributed by atoms with Gasteiger partial charge in [-0.05, 0) is 38.3 Å². The number of benzene rings is 2. The predicted molar refractivity (Wildman–Crippen MR) is 121 cm³/mol. The molecule has 0 unspecified atom stereocenters. The molecule has 2 N–H and O–H groups in total. The van der Waals surface area contributed by atoms with Crippen LogP contribution in [0.2, 0.25) is 0 Å². The Kier molecular flexibility index (Phi) is 7.75. The van der Waals surface area contributed by atoms with E-state index in [0.29, 0.717) is 13.0 Å². The van der Waals surface area contributed by atoms with Crippen molar-refractivity contribution in [2.75, 3.05) is 13.2 Å². The zero-order chi connectivity index (χ0) is 23.1. The highest BCUT2D eigenvalue weighted by Crippen LogP contribution is 2.34. The van der Waals surface area contributed by atoms with Crippen LogP contribution in [0.25, 0.3) is 0 Å². The van der Waals surface area contributed by atoms with Crippen LogP contribution in [0, 0.1) is 5.92 Å². The van der Waals surface area contributed by atoms with E-state index in [1.54, 1.807) is 25.7 Å². The van der Waals surface area contributed by atoms with Crippen LogP contribution < -0.4 is 5.32 Å². The average molecular weight is 441 g/mol. The minimum Gasteiger partial charge on any atom is -0.445 e. The van der Waals surface area contributed by atoms with E-state index in [9.17, 15) is 14.7 Å². The largest absolute Gasteiger partial charge is 0.445 e. The van der Waals surface area contributed by atoms with Crippen molar-refractivity contribution >= 4 is 12.2 Å². The molecular weight excluding hydrogens is 408 g/mol. The number of hydrogen-bond donors (Lipinski definition) is 2. The molecule has 3 rings (SSSR count). The maximum atomic E-state index is 13.2. The number of rotatable bonds is 5. The maximum absolute atomic E-state index is 13.2.